The summed E-state index contributed by atoms with van der Waals surface area (Å²) in [6, 6.07) is 1.47. The van der Waals surface area contributed by atoms with E-state index >= 15 is 0 Å². The second-order valence-electron chi connectivity index (χ2n) is 3.11. The van der Waals surface area contributed by atoms with Gasteiger partial charge in [-0.05, 0) is 22.0 Å². The van der Waals surface area contributed by atoms with E-state index < -0.39 is 5.97 Å². The summed E-state index contributed by atoms with van der Waals surface area (Å²) < 4.78 is 0.602. The first-order chi connectivity index (χ1) is 8.16. The normalized spacial score (nSPS) is 9.94. The Morgan fingerprint density at radius 3 is 2.65 bits per heavy atom. The molecule has 0 saturated heterocycles. The highest BCUT2D eigenvalue weighted by Crippen LogP contribution is 2.20. The van der Waals surface area contributed by atoms with Gasteiger partial charge in [0, 0.05) is 10.7 Å². The van der Waals surface area contributed by atoms with E-state index in [1.807, 2.05) is 0 Å². The van der Waals surface area contributed by atoms with Gasteiger partial charge in [-0.15, -0.1) is 0 Å². The molecule has 0 bridgehead atoms. The van der Waals surface area contributed by atoms with Gasteiger partial charge in [0.05, 0.1) is 18.1 Å². The Kier molecular flexibility index (Phi) is 3.29. The van der Waals surface area contributed by atoms with Gasteiger partial charge < -0.3 is 10.4 Å². The van der Waals surface area contributed by atoms with Crippen LogP contribution < -0.4 is 5.32 Å². The van der Waals surface area contributed by atoms with Gasteiger partial charge >= 0.3 is 5.97 Å². The van der Waals surface area contributed by atoms with Crippen LogP contribution in [0.15, 0.2) is 35.5 Å². The van der Waals surface area contributed by atoms with Crippen molar-refractivity contribution in [3.63, 3.8) is 0 Å². The van der Waals surface area contributed by atoms with Gasteiger partial charge in [0.25, 0.3) is 0 Å². The molecular weight excluding hydrogens is 288 g/mol. The molecule has 6 nitrogen and oxygen atoms in total. The summed E-state index contributed by atoms with van der Waals surface area (Å²) in [5.41, 5.74) is 0.646. The number of hydrogen-bond donors (Lipinski definition) is 2. The third kappa shape index (κ3) is 2.76. The molecule has 0 spiro atoms. The second kappa shape index (κ2) is 4.88. The van der Waals surface area contributed by atoms with E-state index in [-0.39, 0.29) is 11.4 Å². The fourth-order valence-electron chi connectivity index (χ4n) is 1.20. The van der Waals surface area contributed by atoms with Gasteiger partial charge in [-0.3, -0.25) is 0 Å². The minimum atomic E-state index is -1.06. The first kappa shape index (κ1) is 11.5. The molecule has 86 valence electrons. The lowest BCUT2D eigenvalue weighted by Crippen LogP contribution is -2.05. The van der Waals surface area contributed by atoms with Crippen LogP contribution in [0, 0.1) is 0 Å². The second-order valence-corrected chi connectivity index (χ2v) is 4.02. The van der Waals surface area contributed by atoms with E-state index in [9.17, 15) is 4.79 Å². The van der Waals surface area contributed by atoms with Crippen LogP contribution in [-0.2, 0) is 0 Å². The van der Waals surface area contributed by atoms with E-state index in [1.54, 1.807) is 0 Å². The van der Waals surface area contributed by atoms with E-state index in [0.29, 0.717) is 10.2 Å². The molecule has 0 fully saturated rings. The van der Waals surface area contributed by atoms with Crippen LogP contribution >= 0.6 is 15.9 Å². The molecular formula is C10H7BrN4O2. The van der Waals surface area contributed by atoms with E-state index in [2.05, 4.69) is 36.2 Å². The Balaban J connectivity index is 2.36. The van der Waals surface area contributed by atoms with Crippen LogP contribution in [0.25, 0.3) is 0 Å². The average molecular weight is 295 g/mol. The number of anilines is 2. The summed E-state index contributed by atoms with van der Waals surface area (Å²) >= 11 is 3.17. The summed E-state index contributed by atoms with van der Waals surface area (Å²) in [5, 5.41) is 11.9. The summed E-state index contributed by atoms with van der Waals surface area (Å²) in [4.78, 5) is 22.7. The highest BCUT2D eigenvalue weighted by Gasteiger charge is 2.12. The summed E-state index contributed by atoms with van der Waals surface area (Å²) in [7, 11) is 0. The number of aromatic nitrogens is 3. The number of carboxylic acid groups (broad SMARTS) is 1. The summed E-state index contributed by atoms with van der Waals surface area (Å²) in [5.74, 6) is -0.811. The van der Waals surface area contributed by atoms with Gasteiger partial charge in [0.2, 0.25) is 0 Å². The van der Waals surface area contributed by atoms with Crippen molar-refractivity contribution in [1.29, 1.82) is 0 Å². The third-order valence-corrected chi connectivity index (χ3v) is 2.34. The molecule has 0 aliphatic heterocycles. The number of rotatable bonds is 3. The molecule has 0 atom stereocenters. The molecule has 0 amide bonds. The van der Waals surface area contributed by atoms with Crippen LogP contribution in [0.2, 0.25) is 0 Å². The number of hydrogen-bond acceptors (Lipinski definition) is 5. The Bertz CT molecular complexity index is 547. The molecule has 2 N–H and O–H groups in total. The molecule has 17 heavy (non-hydrogen) atoms. The molecule has 2 aromatic heterocycles. The Morgan fingerprint density at radius 2 is 2.00 bits per heavy atom. The van der Waals surface area contributed by atoms with Gasteiger partial charge in [-0.25, -0.2) is 19.7 Å². The molecule has 2 heterocycles. The Morgan fingerprint density at radius 1 is 1.29 bits per heavy atom. The zero-order chi connectivity index (χ0) is 12.3. The predicted molar refractivity (Wildman–Crippen MR) is 64.2 cm³/mol. The largest absolute Gasteiger partial charge is 0.478 e. The van der Waals surface area contributed by atoms with E-state index in [0.717, 1.165) is 0 Å². The van der Waals surface area contributed by atoms with Crippen molar-refractivity contribution in [1.82, 2.24) is 15.0 Å². The molecule has 0 aliphatic rings. The van der Waals surface area contributed by atoms with E-state index in [1.165, 1.54) is 31.0 Å². The molecule has 0 saturated carbocycles. The van der Waals surface area contributed by atoms with Crippen molar-refractivity contribution in [2.75, 3.05) is 5.32 Å². The Labute approximate surface area is 105 Å². The van der Waals surface area contributed by atoms with Crippen LogP contribution in [0.1, 0.15) is 10.4 Å². The first-order valence-corrected chi connectivity index (χ1v) is 5.37. The van der Waals surface area contributed by atoms with Crippen molar-refractivity contribution < 1.29 is 9.90 Å². The summed E-state index contributed by atoms with van der Waals surface area (Å²) in [6.45, 7) is 0. The summed E-state index contributed by atoms with van der Waals surface area (Å²) in [6.07, 6.45) is 5.96. The van der Waals surface area contributed by atoms with Crippen LogP contribution in [-0.4, -0.2) is 26.0 Å². The zero-order valence-electron chi connectivity index (χ0n) is 8.46. The average Bonchev–Trinajstić information content (AvgIpc) is 2.32. The first-order valence-electron chi connectivity index (χ1n) is 4.57. The number of carboxylic acids is 1. The molecule has 0 radical (unpaired) electrons. The monoisotopic (exact) mass is 294 g/mol. The van der Waals surface area contributed by atoms with Crippen molar-refractivity contribution in [3.8, 4) is 0 Å². The van der Waals surface area contributed by atoms with Gasteiger partial charge in [0.1, 0.15) is 17.7 Å². The Hall–Kier alpha value is -2.02. The fourth-order valence-corrected chi connectivity index (χ4v) is 1.53. The standard InChI is InChI=1S/C10H7BrN4O2/c11-6-1-8(10(16)17)9(14-2-6)15-7-3-12-5-13-4-7/h1-5H,(H,14,15)(H,16,17). The van der Waals surface area contributed by atoms with Gasteiger partial charge in [-0.2, -0.15) is 0 Å². The number of nitrogens with one attached hydrogen (secondary N) is 1. The minimum Gasteiger partial charge on any atom is -0.478 e. The van der Waals surface area contributed by atoms with Crippen molar-refractivity contribution in [3.05, 3.63) is 41.0 Å². The number of pyridine rings is 1. The SMILES string of the molecule is O=C(O)c1cc(Br)cnc1Nc1cncnc1. The topological polar surface area (TPSA) is 88.0 Å². The maximum absolute atomic E-state index is 11.0. The quantitative estimate of drug-likeness (QED) is 0.901. The molecule has 2 aromatic rings. The maximum atomic E-state index is 11.0. The number of halogens is 1. The van der Waals surface area contributed by atoms with Crippen LogP contribution in [0.5, 0.6) is 0 Å². The highest BCUT2D eigenvalue weighted by atomic mass is 79.9. The minimum absolute atomic E-state index is 0.0724. The molecule has 2 rings (SSSR count). The number of carbonyl (C=O) groups is 1. The fraction of sp³-hybridized carbons (Fsp3) is 0. The third-order valence-electron chi connectivity index (χ3n) is 1.91. The number of aromatic carboxylic acids is 1. The van der Waals surface area contributed by atoms with Crippen molar-refractivity contribution >= 4 is 33.4 Å². The van der Waals surface area contributed by atoms with Crippen molar-refractivity contribution in [2.45, 2.75) is 0 Å². The highest BCUT2D eigenvalue weighted by molar-refractivity contribution is 9.10. The molecule has 0 aliphatic carbocycles. The van der Waals surface area contributed by atoms with Gasteiger partial charge in [-0.1, -0.05) is 0 Å². The van der Waals surface area contributed by atoms with Gasteiger partial charge in [0.15, 0.2) is 0 Å². The lowest BCUT2D eigenvalue weighted by molar-refractivity contribution is 0.0697. The zero-order valence-corrected chi connectivity index (χ0v) is 10.0. The lowest BCUT2D eigenvalue weighted by Gasteiger charge is -2.07. The van der Waals surface area contributed by atoms with E-state index in [4.69, 9.17) is 5.11 Å². The van der Waals surface area contributed by atoms with Crippen LogP contribution in [0.3, 0.4) is 0 Å². The number of nitrogens with zero attached hydrogens (tertiary/aromatic N) is 3. The molecule has 0 aromatic carbocycles. The predicted octanol–water partition coefficient (Wildman–Crippen LogP) is 2.08. The lowest BCUT2D eigenvalue weighted by atomic mass is 10.2. The molecule has 0 unspecified atom stereocenters. The molecule has 7 heteroatoms. The van der Waals surface area contributed by atoms with Crippen LogP contribution in [0.4, 0.5) is 11.5 Å². The smallest absolute Gasteiger partial charge is 0.339 e. The maximum Gasteiger partial charge on any atom is 0.339 e. The van der Waals surface area contributed by atoms with Crippen molar-refractivity contribution in [2.24, 2.45) is 0 Å².